The molecule has 0 spiro atoms. The monoisotopic (exact) mass is 404 g/mol. The highest BCUT2D eigenvalue weighted by molar-refractivity contribution is 7.97. The van der Waals surface area contributed by atoms with Crippen molar-refractivity contribution in [3.63, 3.8) is 0 Å². The minimum Gasteiger partial charge on any atom is -0.495 e. The van der Waals surface area contributed by atoms with E-state index >= 15 is 0 Å². The lowest BCUT2D eigenvalue weighted by Gasteiger charge is -2.09. The van der Waals surface area contributed by atoms with Gasteiger partial charge in [-0.25, -0.2) is 9.18 Å². The van der Waals surface area contributed by atoms with Gasteiger partial charge < -0.3 is 10.1 Å². The van der Waals surface area contributed by atoms with Crippen LogP contribution in [0.3, 0.4) is 0 Å². The van der Waals surface area contributed by atoms with E-state index in [2.05, 4.69) is 20.8 Å². The zero-order chi connectivity index (χ0) is 19.1. The number of urea groups is 1. The largest absolute Gasteiger partial charge is 0.495 e. The van der Waals surface area contributed by atoms with Crippen LogP contribution in [0.4, 0.5) is 20.0 Å². The number of carbonyl (C=O) groups excluding carboxylic acids is 1. The first-order valence-electron chi connectivity index (χ1n) is 8.00. The van der Waals surface area contributed by atoms with E-state index in [-0.39, 0.29) is 5.82 Å². The van der Waals surface area contributed by atoms with E-state index in [4.69, 9.17) is 4.74 Å². The smallest absolute Gasteiger partial charge is 0.325 e. The molecule has 0 fully saturated rings. The van der Waals surface area contributed by atoms with Crippen LogP contribution in [0, 0.1) is 5.82 Å². The maximum absolute atomic E-state index is 13.6. The molecule has 0 saturated heterocycles. The van der Waals surface area contributed by atoms with Gasteiger partial charge in [-0.05, 0) is 23.8 Å². The molecule has 0 radical (unpaired) electrons. The van der Waals surface area contributed by atoms with E-state index in [9.17, 15) is 9.18 Å². The summed E-state index contributed by atoms with van der Waals surface area (Å²) in [5.74, 6) is 1.48. The molecule has 2 aromatic carbocycles. The Morgan fingerprint density at radius 2 is 1.89 bits per heavy atom. The Hall–Kier alpha value is -2.65. The number of para-hydroxylation sites is 2. The lowest BCUT2D eigenvalue weighted by Crippen LogP contribution is -2.19. The standard InChI is InChI=1S/C18H17FN4O2S2/c1-25-15-9-5-4-8-14(15)20-17(24)21-18-23-22-16(27-18)11-26-10-12-6-2-3-7-13(12)19/h2-9H,10-11H2,1H3,(H2,20,21,23,24). The molecule has 1 aromatic heterocycles. The Kier molecular flexibility index (Phi) is 6.61. The van der Waals surface area contributed by atoms with Gasteiger partial charge in [0.1, 0.15) is 16.6 Å². The molecule has 2 amide bonds. The Balaban J connectivity index is 1.50. The van der Waals surface area contributed by atoms with Crippen LogP contribution >= 0.6 is 23.1 Å². The molecule has 6 nitrogen and oxygen atoms in total. The Morgan fingerprint density at radius 3 is 2.70 bits per heavy atom. The Morgan fingerprint density at radius 1 is 1.11 bits per heavy atom. The Bertz CT molecular complexity index is 920. The van der Waals surface area contributed by atoms with Crippen LogP contribution in [0.2, 0.25) is 0 Å². The maximum atomic E-state index is 13.6. The summed E-state index contributed by atoms with van der Waals surface area (Å²) in [7, 11) is 1.54. The number of carbonyl (C=O) groups is 1. The average Bonchev–Trinajstić information content (AvgIpc) is 3.11. The topological polar surface area (TPSA) is 76.1 Å². The Labute approximate surface area is 164 Å². The van der Waals surface area contributed by atoms with Gasteiger partial charge in [0, 0.05) is 11.5 Å². The van der Waals surface area contributed by atoms with Crippen molar-refractivity contribution in [3.8, 4) is 5.75 Å². The van der Waals surface area contributed by atoms with E-state index in [0.29, 0.717) is 33.6 Å². The van der Waals surface area contributed by atoms with E-state index in [0.717, 1.165) is 5.01 Å². The second-order valence-electron chi connectivity index (χ2n) is 5.36. The summed E-state index contributed by atoms with van der Waals surface area (Å²) < 4.78 is 18.8. The number of rotatable bonds is 7. The van der Waals surface area contributed by atoms with Crippen LogP contribution in [0.5, 0.6) is 5.75 Å². The molecule has 0 aliphatic heterocycles. The number of ether oxygens (including phenoxy) is 1. The number of nitrogens with zero attached hydrogens (tertiary/aromatic N) is 2. The van der Waals surface area contributed by atoms with Crippen molar-refractivity contribution in [2.75, 3.05) is 17.7 Å². The lowest BCUT2D eigenvalue weighted by molar-refractivity contribution is 0.262. The number of thioether (sulfide) groups is 1. The van der Waals surface area contributed by atoms with Gasteiger partial charge in [-0.2, -0.15) is 0 Å². The van der Waals surface area contributed by atoms with Gasteiger partial charge in [0.15, 0.2) is 0 Å². The molecule has 0 aliphatic carbocycles. The zero-order valence-electron chi connectivity index (χ0n) is 14.4. The van der Waals surface area contributed by atoms with Crippen LogP contribution < -0.4 is 15.4 Å². The predicted octanol–water partition coefficient (Wildman–Crippen LogP) is 4.76. The molecule has 1 heterocycles. The molecule has 0 atom stereocenters. The van der Waals surface area contributed by atoms with Crippen LogP contribution in [-0.2, 0) is 11.5 Å². The SMILES string of the molecule is COc1ccccc1NC(=O)Nc1nnc(CSCc2ccccc2F)s1. The highest BCUT2D eigenvalue weighted by Gasteiger charge is 2.11. The first-order chi connectivity index (χ1) is 13.2. The summed E-state index contributed by atoms with van der Waals surface area (Å²) in [5, 5.41) is 14.5. The molecule has 3 aromatic rings. The molecule has 3 rings (SSSR count). The first-order valence-corrected chi connectivity index (χ1v) is 9.97. The van der Waals surface area contributed by atoms with Crippen LogP contribution in [-0.4, -0.2) is 23.3 Å². The fraction of sp³-hybridized carbons (Fsp3) is 0.167. The van der Waals surface area contributed by atoms with Crippen molar-refractivity contribution in [1.82, 2.24) is 10.2 Å². The first kappa shape index (κ1) is 19.1. The highest BCUT2D eigenvalue weighted by atomic mass is 32.2. The molecule has 0 bridgehead atoms. The van der Waals surface area contributed by atoms with E-state index < -0.39 is 6.03 Å². The predicted molar refractivity (Wildman–Crippen MR) is 107 cm³/mol. The second-order valence-corrected chi connectivity index (χ2v) is 7.41. The third-order valence-corrected chi connectivity index (χ3v) is 5.50. The molecule has 9 heteroatoms. The zero-order valence-corrected chi connectivity index (χ0v) is 16.1. The summed E-state index contributed by atoms with van der Waals surface area (Å²) >= 11 is 2.82. The van der Waals surface area contributed by atoms with Crippen LogP contribution in [0.25, 0.3) is 0 Å². The fourth-order valence-electron chi connectivity index (χ4n) is 2.22. The maximum Gasteiger partial charge on any atom is 0.325 e. The third kappa shape index (κ3) is 5.41. The molecule has 27 heavy (non-hydrogen) atoms. The second kappa shape index (κ2) is 9.33. The average molecular weight is 404 g/mol. The molecule has 0 aliphatic rings. The van der Waals surface area contributed by atoms with E-state index in [1.54, 1.807) is 30.3 Å². The van der Waals surface area contributed by atoms with Crippen molar-refractivity contribution >= 4 is 39.9 Å². The summed E-state index contributed by atoms with van der Waals surface area (Å²) in [6.07, 6.45) is 0. The van der Waals surface area contributed by atoms with Crippen molar-refractivity contribution in [3.05, 3.63) is 64.9 Å². The van der Waals surface area contributed by atoms with Crippen LogP contribution in [0.15, 0.2) is 48.5 Å². The fourth-order valence-corrected chi connectivity index (χ4v) is 4.03. The molecule has 0 saturated carbocycles. The number of anilines is 2. The van der Waals surface area contributed by atoms with E-state index in [1.807, 2.05) is 12.1 Å². The number of amides is 2. The minimum absolute atomic E-state index is 0.211. The number of methoxy groups -OCH3 is 1. The summed E-state index contributed by atoms with van der Waals surface area (Å²) in [4.78, 5) is 12.1. The van der Waals surface area contributed by atoms with Gasteiger partial charge in [-0.1, -0.05) is 41.7 Å². The molecular weight excluding hydrogens is 387 g/mol. The van der Waals surface area contributed by atoms with E-state index in [1.165, 1.54) is 36.3 Å². The lowest BCUT2D eigenvalue weighted by atomic mass is 10.2. The van der Waals surface area contributed by atoms with Crippen molar-refractivity contribution < 1.29 is 13.9 Å². The van der Waals surface area contributed by atoms with Crippen molar-refractivity contribution in [1.29, 1.82) is 0 Å². The number of benzene rings is 2. The van der Waals surface area contributed by atoms with Gasteiger partial charge in [0.2, 0.25) is 5.13 Å². The summed E-state index contributed by atoms with van der Waals surface area (Å²) in [6, 6.07) is 13.4. The summed E-state index contributed by atoms with van der Waals surface area (Å²) in [5.41, 5.74) is 1.21. The number of hydrogen-bond donors (Lipinski definition) is 2. The quantitative estimate of drug-likeness (QED) is 0.594. The van der Waals surface area contributed by atoms with Crippen LogP contribution in [0.1, 0.15) is 10.6 Å². The summed E-state index contributed by atoms with van der Waals surface area (Å²) in [6.45, 7) is 0. The van der Waals surface area contributed by atoms with Gasteiger partial charge in [0.05, 0.1) is 12.8 Å². The molecule has 140 valence electrons. The van der Waals surface area contributed by atoms with Crippen molar-refractivity contribution in [2.45, 2.75) is 11.5 Å². The minimum atomic E-state index is -0.429. The van der Waals surface area contributed by atoms with Gasteiger partial charge in [0.25, 0.3) is 0 Å². The number of aromatic nitrogens is 2. The third-order valence-electron chi connectivity index (χ3n) is 3.48. The molecular formula is C18H17FN4O2S2. The normalized spacial score (nSPS) is 10.4. The van der Waals surface area contributed by atoms with Gasteiger partial charge in [-0.3, -0.25) is 5.32 Å². The number of halogens is 1. The molecule has 0 unspecified atom stereocenters. The molecule has 2 N–H and O–H groups in total. The van der Waals surface area contributed by atoms with Gasteiger partial charge in [-0.15, -0.1) is 22.0 Å². The number of nitrogens with one attached hydrogen (secondary N) is 2. The van der Waals surface area contributed by atoms with Gasteiger partial charge >= 0.3 is 6.03 Å². The van der Waals surface area contributed by atoms with Crippen molar-refractivity contribution in [2.24, 2.45) is 0 Å². The number of hydrogen-bond acceptors (Lipinski definition) is 6. The highest BCUT2D eigenvalue weighted by Crippen LogP contribution is 2.25.